The molecule has 0 saturated carbocycles. The maximum atomic E-state index is 12.4. The first kappa shape index (κ1) is 16.3. The second kappa shape index (κ2) is 7.82. The predicted molar refractivity (Wildman–Crippen MR) is 84.2 cm³/mol. The summed E-state index contributed by atoms with van der Waals surface area (Å²) < 4.78 is 0. The molecule has 22 heavy (non-hydrogen) atoms. The van der Waals surface area contributed by atoms with Crippen molar-refractivity contribution in [1.29, 1.82) is 0 Å². The summed E-state index contributed by atoms with van der Waals surface area (Å²) in [5.74, 6) is 0.0287. The van der Waals surface area contributed by atoms with Crippen molar-refractivity contribution in [1.82, 2.24) is 4.90 Å². The molecule has 120 valence electrons. The number of carbonyl (C=O) groups is 2. The Morgan fingerprint density at radius 3 is 2.64 bits per heavy atom. The Morgan fingerprint density at radius 1 is 1.23 bits per heavy atom. The van der Waals surface area contributed by atoms with E-state index >= 15 is 0 Å². The van der Waals surface area contributed by atoms with Crippen LogP contribution in [0.2, 0.25) is 0 Å². The van der Waals surface area contributed by atoms with Crippen LogP contribution in [0.1, 0.15) is 44.1 Å². The van der Waals surface area contributed by atoms with Crippen molar-refractivity contribution >= 4 is 11.8 Å². The lowest BCUT2D eigenvalue weighted by Gasteiger charge is -2.35. The van der Waals surface area contributed by atoms with Gasteiger partial charge in [-0.05, 0) is 49.8 Å². The molecule has 0 aliphatic carbocycles. The lowest BCUT2D eigenvalue weighted by molar-refractivity contribution is -0.136. The first-order valence-electron chi connectivity index (χ1n) is 7.92. The Labute approximate surface area is 131 Å². The van der Waals surface area contributed by atoms with Crippen molar-refractivity contribution < 1.29 is 14.7 Å². The normalized spacial score (nSPS) is 18.2. The van der Waals surface area contributed by atoms with Crippen molar-refractivity contribution in [2.75, 3.05) is 6.54 Å². The van der Waals surface area contributed by atoms with Crippen LogP contribution in [-0.2, 0) is 16.0 Å². The zero-order valence-corrected chi connectivity index (χ0v) is 12.8. The number of nitrogens with zero attached hydrogens (tertiary/aromatic N) is 1. The lowest BCUT2D eigenvalue weighted by atomic mass is 9.98. The highest BCUT2D eigenvalue weighted by Crippen LogP contribution is 2.21. The molecule has 1 aromatic rings. The van der Waals surface area contributed by atoms with Gasteiger partial charge < -0.3 is 15.7 Å². The highest BCUT2D eigenvalue weighted by molar-refractivity contribution is 5.79. The van der Waals surface area contributed by atoms with Gasteiger partial charge in [0.2, 0.25) is 11.8 Å². The van der Waals surface area contributed by atoms with E-state index in [1.54, 1.807) is 12.1 Å². The van der Waals surface area contributed by atoms with Crippen molar-refractivity contribution in [3.63, 3.8) is 0 Å². The molecule has 0 spiro atoms. The molecule has 1 aromatic carbocycles. The zero-order valence-electron chi connectivity index (χ0n) is 12.8. The molecule has 2 rings (SSSR count). The summed E-state index contributed by atoms with van der Waals surface area (Å²) in [6, 6.07) is 7.04. The molecule has 0 aromatic heterocycles. The monoisotopic (exact) mass is 304 g/mol. The van der Waals surface area contributed by atoms with Crippen LogP contribution in [0.3, 0.4) is 0 Å². The minimum Gasteiger partial charge on any atom is -0.508 e. The van der Waals surface area contributed by atoms with Gasteiger partial charge in [0.05, 0.1) is 0 Å². The summed E-state index contributed by atoms with van der Waals surface area (Å²) in [6.45, 7) is 0.732. The molecule has 1 fully saturated rings. The van der Waals surface area contributed by atoms with Crippen LogP contribution in [0.25, 0.3) is 0 Å². The zero-order chi connectivity index (χ0) is 15.9. The fourth-order valence-corrected chi connectivity index (χ4v) is 3.02. The summed E-state index contributed by atoms with van der Waals surface area (Å²) >= 11 is 0. The van der Waals surface area contributed by atoms with Gasteiger partial charge >= 0.3 is 0 Å². The fraction of sp³-hybridized carbons (Fsp3) is 0.529. The number of piperidine rings is 1. The number of phenols is 1. The Hall–Kier alpha value is -2.04. The predicted octanol–water partition coefficient (Wildman–Crippen LogP) is 1.97. The minimum atomic E-state index is -0.339. The maximum Gasteiger partial charge on any atom is 0.222 e. The van der Waals surface area contributed by atoms with E-state index < -0.39 is 0 Å². The second-order valence-corrected chi connectivity index (χ2v) is 5.93. The number of phenolic OH excluding ortho intramolecular Hbond substituents is 1. The first-order chi connectivity index (χ1) is 10.6. The van der Waals surface area contributed by atoms with Gasteiger partial charge in [-0.2, -0.15) is 0 Å². The van der Waals surface area contributed by atoms with Crippen molar-refractivity contribution in [2.45, 2.75) is 51.0 Å². The van der Waals surface area contributed by atoms with Gasteiger partial charge in [-0.15, -0.1) is 0 Å². The Kier molecular flexibility index (Phi) is 5.81. The molecule has 1 heterocycles. The third kappa shape index (κ3) is 4.76. The number of likely N-dealkylation sites (tertiary alicyclic amines) is 1. The van der Waals surface area contributed by atoms with Crippen LogP contribution in [0.4, 0.5) is 0 Å². The van der Waals surface area contributed by atoms with Crippen LogP contribution < -0.4 is 5.73 Å². The Balaban J connectivity index is 1.82. The summed E-state index contributed by atoms with van der Waals surface area (Å²) in [7, 11) is 0. The molecule has 1 aliphatic rings. The van der Waals surface area contributed by atoms with E-state index in [9.17, 15) is 14.7 Å². The molecule has 2 amide bonds. The molecular formula is C17H24N2O3. The second-order valence-electron chi connectivity index (χ2n) is 5.93. The van der Waals surface area contributed by atoms with Gasteiger partial charge in [-0.25, -0.2) is 0 Å². The van der Waals surface area contributed by atoms with Crippen LogP contribution in [0.5, 0.6) is 5.75 Å². The third-order valence-electron chi connectivity index (χ3n) is 4.18. The van der Waals surface area contributed by atoms with Crippen molar-refractivity contribution in [3.05, 3.63) is 29.8 Å². The number of primary amides is 1. The largest absolute Gasteiger partial charge is 0.508 e. The number of rotatable bonds is 6. The van der Waals surface area contributed by atoms with Crippen LogP contribution in [0.15, 0.2) is 24.3 Å². The van der Waals surface area contributed by atoms with E-state index in [0.717, 1.165) is 44.2 Å². The molecule has 5 nitrogen and oxygen atoms in total. The van der Waals surface area contributed by atoms with Gasteiger partial charge in [0.1, 0.15) is 5.75 Å². The topological polar surface area (TPSA) is 83.6 Å². The summed E-state index contributed by atoms with van der Waals surface area (Å²) in [6.07, 6.45) is 5.24. The summed E-state index contributed by atoms with van der Waals surface area (Å²) in [5, 5.41) is 9.24. The number of benzene rings is 1. The molecule has 1 aliphatic heterocycles. The molecule has 3 N–H and O–H groups in total. The van der Waals surface area contributed by atoms with Crippen LogP contribution in [-0.4, -0.2) is 34.4 Å². The molecule has 1 atom stereocenters. The molecular weight excluding hydrogens is 280 g/mol. The van der Waals surface area contributed by atoms with E-state index in [4.69, 9.17) is 5.73 Å². The molecule has 0 radical (unpaired) electrons. The van der Waals surface area contributed by atoms with E-state index in [0.29, 0.717) is 6.42 Å². The van der Waals surface area contributed by atoms with E-state index in [1.807, 2.05) is 17.0 Å². The number of aromatic hydroxyl groups is 1. The quantitative estimate of drug-likeness (QED) is 0.842. The smallest absolute Gasteiger partial charge is 0.222 e. The Morgan fingerprint density at radius 2 is 1.95 bits per heavy atom. The van der Waals surface area contributed by atoms with E-state index in [2.05, 4.69) is 0 Å². The lowest BCUT2D eigenvalue weighted by Crippen LogP contribution is -2.45. The molecule has 0 bridgehead atoms. The highest BCUT2D eigenvalue weighted by Gasteiger charge is 2.27. The van der Waals surface area contributed by atoms with E-state index in [1.165, 1.54) is 0 Å². The molecule has 1 saturated heterocycles. The van der Waals surface area contributed by atoms with E-state index in [-0.39, 0.29) is 30.0 Å². The average molecular weight is 304 g/mol. The summed E-state index contributed by atoms with van der Waals surface area (Å²) in [5.41, 5.74) is 6.39. The SMILES string of the molecule is NC(=O)C[C@H]1CCCCN1C(=O)CCCc1ccc(O)cc1. The van der Waals surface area contributed by atoms with Gasteiger partial charge in [0.25, 0.3) is 0 Å². The molecule has 0 unspecified atom stereocenters. The standard InChI is InChI=1S/C17H24N2O3/c18-16(21)12-14-5-1-2-11-19(14)17(22)6-3-4-13-7-9-15(20)10-8-13/h7-10,14,20H,1-6,11-12H2,(H2,18,21)/t14-/m1/s1. The maximum absolute atomic E-state index is 12.4. The number of nitrogens with two attached hydrogens (primary N) is 1. The fourth-order valence-electron chi connectivity index (χ4n) is 3.02. The van der Waals surface area contributed by atoms with Crippen LogP contribution in [0, 0.1) is 0 Å². The number of hydrogen-bond donors (Lipinski definition) is 2. The highest BCUT2D eigenvalue weighted by atomic mass is 16.3. The van der Waals surface area contributed by atoms with Crippen LogP contribution >= 0.6 is 0 Å². The minimum absolute atomic E-state index is 0.0209. The number of aryl methyl sites for hydroxylation is 1. The average Bonchev–Trinajstić information content (AvgIpc) is 2.49. The van der Waals surface area contributed by atoms with Crippen molar-refractivity contribution in [2.24, 2.45) is 5.73 Å². The Bertz CT molecular complexity index is 513. The van der Waals surface area contributed by atoms with Crippen molar-refractivity contribution in [3.8, 4) is 5.75 Å². The number of amides is 2. The first-order valence-corrected chi connectivity index (χ1v) is 7.92. The van der Waals surface area contributed by atoms with Gasteiger partial charge in [-0.3, -0.25) is 9.59 Å². The van der Waals surface area contributed by atoms with Gasteiger partial charge in [-0.1, -0.05) is 12.1 Å². The third-order valence-corrected chi connectivity index (χ3v) is 4.18. The number of hydrogen-bond acceptors (Lipinski definition) is 3. The summed E-state index contributed by atoms with van der Waals surface area (Å²) in [4.78, 5) is 25.3. The van der Waals surface area contributed by atoms with Gasteiger partial charge in [0, 0.05) is 25.4 Å². The number of carbonyl (C=O) groups excluding carboxylic acids is 2. The van der Waals surface area contributed by atoms with Gasteiger partial charge in [0.15, 0.2) is 0 Å². The molecule has 5 heteroatoms.